The van der Waals surface area contributed by atoms with Crippen LogP contribution in [0.25, 0.3) is 0 Å². The van der Waals surface area contributed by atoms with Gasteiger partial charge in [-0.1, -0.05) is 42.5 Å². The third-order valence-electron chi connectivity index (χ3n) is 4.49. The second-order valence-corrected chi connectivity index (χ2v) is 8.33. The van der Waals surface area contributed by atoms with Gasteiger partial charge in [0, 0.05) is 0 Å². The molecular formula is C22H20FNO7S. The lowest BCUT2D eigenvalue weighted by atomic mass is 10.1. The van der Waals surface area contributed by atoms with Crippen molar-refractivity contribution in [3.63, 3.8) is 0 Å². The molecule has 0 spiro atoms. The van der Waals surface area contributed by atoms with Crippen LogP contribution in [0.2, 0.25) is 0 Å². The summed E-state index contributed by atoms with van der Waals surface area (Å²) < 4.78 is 56.7. The summed E-state index contributed by atoms with van der Waals surface area (Å²) in [7, 11) is -3.18. The van der Waals surface area contributed by atoms with E-state index in [1.54, 1.807) is 30.3 Å². The van der Waals surface area contributed by atoms with Crippen LogP contribution in [0.15, 0.2) is 76.2 Å². The first kappa shape index (κ1) is 23.2. The third kappa shape index (κ3) is 5.59. The molecule has 0 saturated carbocycles. The molecule has 0 amide bonds. The van der Waals surface area contributed by atoms with E-state index < -0.39 is 45.3 Å². The van der Waals surface area contributed by atoms with Gasteiger partial charge in [0.2, 0.25) is 10.0 Å². The maximum absolute atomic E-state index is 14.1. The predicted octanol–water partition coefficient (Wildman–Crippen LogP) is 2.84. The Bertz CT molecular complexity index is 1190. The Morgan fingerprint density at radius 1 is 1.06 bits per heavy atom. The second kappa shape index (κ2) is 10.2. The van der Waals surface area contributed by atoms with Crippen molar-refractivity contribution in [3.05, 3.63) is 89.6 Å². The average molecular weight is 461 g/mol. The smallest absolute Gasteiger partial charge is 0.341 e. The standard InChI is InChI=1S/C22H20FNO7S/c1-29-21(25)16-11-12-30-19(16)14-31-22(26)18(13-15-7-3-2-4-8-15)24-32(27,28)20-10-6-5-9-17(20)23/h2-12,18,24H,13-14H2,1H3/t18-/m0/s1. The highest BCUT2D eigenvalue weighted by atomic mass is 32.2. The van der Waals surface area contributed by atoms with Gasteiger partial charge in [0.25, 0.3) is 0 Å². The Morgan fingerprint density at radius 3 is 2.44 bits per heavy atom. The van der Waals surface area contributed by atoms with Crippen LogP contribution >= 0.6 is 0 Å². The minimum atomic E-state index is -4.38. The molecule has 1 N–H and O–H groups in total. The molecule has 0 radical (unpaired) electrons. The molecule has 0 aliphatic carbocycles. The van der Waals surface area contributed by atoms with Crippen molar-refractivity contribution in [3.8, 4) is 0 Å². The van der Waals surface area contributed by atoms with Crippen LogP contribution in [-0.2, 0) is 37.3 Å². The zero-order valence-corrected chi connectivity index (χ0v) is 17.8. The summed E-state index contributed by atoms with van der Waals surface area (Å²) >= 11 is 0. The van der Waals surface area contributed by atoms with Crippen molar-refractivity contribution < 1.29 is 36.3 Å². The lowest BCUT2D eigenvalue weighted by molar-refractivity contribution is -0.147. The molecule has 0 aliphatic heterocycles. The van der Waals surface area contributed by atoms with Gasteiger partial charge >= 0.3 is 11.9 Å². The third-order valence-corrected chi connectivity index (χ3v) is 5.99. The van der Waals surface area contributed by atoms with Crippen LogP contribution in [-0.4, -0.2) is 33.5 Å². The van der Waals surface area contributed by atoms with Gasteiger partial charge in [-0.25, -0.2) is 17.6 Å². The number of hydrogen-bond donors (Lipinski definition) is 1. The minimum absolute atomic E-state index is 0.0422. The van der Waals surface area contributed by atoms with E-state index in [-0.39, 0.29) is 17.7 Å². The Labute approximate surface area is 184 Å². The quantitative estimate of drug-likeness (QED) is 0.488. The molecule has 1 aromatic heterocycles. The average Bonchev–Trinajstić information content (AvgIpc) is 3.26. The molecule has 0 fully saturated rings. The molecule has 0 saturated heterocycles. The highest BCUT2D eigenvalue weighted by Gasteiger charge is 2.29. The normalized spacial score (nSPS) is 12.2. The molecule has 1 heterocycles. The van der Waals surface area contributed by atoms with Crippen LogP contribution in [0, 0.1) is 5.82 Å². The van der Waals surface area contributed by atoms with Crippen LogP contribution in [0.5, 0.6) is 0 Å². The fourth-order valence-electron chi connectivity index (χ4n) is 2.92. The fraction of sp³-hybridized carbons (Fsp3) is 0.182. The van der Waals surface area contributed by atoms with E-state index in [1.807, 2.05) is 0 Å². The number of ether oxygens (including phenoxy) is 2. The van der Waals surface area contributed by atoms with E-state index in [0.29, 0.717) is 5.56 Å². The van der Waals surface area contributed by atoms with Crippen molar-refractivity contribution in [2.75, 3.05) is 7.11 Å². The van der Waals surface area contributed by atoms with Crippen molar-refractivity contribution in [1.29, 1.82) is 0 Å². The summed E-state index contributed by atoms with van der Waals surface area (Å²) in [5.74, 6) is -2.52. The number of rotatable bonds is 9. The van der Waals surface area contributed by atoms with Crippen LogP contribution in [0.3, 0.4) is 0 Å². The number of esters is 2. The van der Waals surface area contributed by atoms with E-state index in [9.17, 15) is 22.4 Å². The topological polar surface area (TPSA) is 112 Å². The van der Waals surface area contributed by atoms with Crippen molar-refractivity contribution >= 4 is 22.0 Å². The summed E-state index contributed by atoms with van der Waals surface area (Å²) in [6, 6.07) is 13.5. The molecule has 3 rings (SSSR count). The van der Waals surface area contributed by atoms with Gasteiger partial charge in [0.1, 0.15) is 28.9 Å². The van der Waals surface area contributed by atoms with E-state index in [2.05, 4.69) is 9.46 Å². The molecule has 0 bridgehead atoms. The highest BCUT2D eigenvalue weighted by Crippen LogP contribution is 2.17. The molecule has 168 valence electrons. The number of carbonyl (C=O) groups excluding carboxylic acids is 2. The van der Waals surface area contributed by atoms with Gasteiger partial charge in [0.05, 0.1) is 13.4 Å². The molecule has 32 heavy (non-hydrogen) atoms. The summed E-state index contributed by atoms with van der Waals surface area (Å²) in [5.41, 5.74) is 0.728. The van der Waals surface area contributed by atoms with Gasteiger partial charge in [-0.15, -0.1) is 0 Å². The molecule has 0 aliphatic rings. The molecule has 1 atom stereocenters. The Balaban J connectivity index is 1.81. The monoisotopic (exact) mass is 461 g/mol. The van der Waals surface area contributed by atoms with E-state index in [0.717, 1.165) is 12.1 Å². The Hall–Kier alpha value is -3.50. The highest BCUT2D eigenvalue weighted by molar-refractivity contribution is 7.89. The predicted molar refractivity (Wildman–Crippen MR) is 110 cm³/mol. The Kier molecular flexibility index (Phi) is 7.39. The number of benzene rings is 2. The maximum Gasteiger partial charge on any atom is 0.341 e. The molecule has 10 heteroatoms. The maximum atomic E-state index is 14.1. The summed E-state index contributed by atoms with van der Waals surface area (Å²) in [6.07, 6.45) is 1.19. The van der Waals surface area contributed by atoms with Crippen LogP contribution in [0.1, 0.15) is 21.7 Å². The van der Waals surface area contributed by atoms with Gasteiger partial charge < -0.3 is 13.9 Å². The van der Waals surface area contributed by atoms with Gasteiger partial charge in [-0.2, -0.15) is 4.72 Å². The van der Waals surface area contributed by atoms with Gasteiger partial charge in [-0.3, -0.25) is 4.79 Å². The number of carbonyl (C=O) groups is 2. The first-order chi connectivity index (χ1) is 15.3. The van der Waals surface area contributed by atoms with Crippen molar-refractivity contribution in [2.45, 2.75) is 24.0 Å². The van der Waals surface area contributed by atoms with E-state index in [1.165, 1.54) is 31.6 Å². The number of halogens is 1. The zero-order valence-electron chi connectivity index (χ0n) is 17.0. The van der Waals surface area contributed by atoms with E-state index >= 15 is 0 Å². The minimum Gasteiger partial charge on any atom is -0.465 e. The molecule has 2 aromatic carbocycles. The summed E-state index contributed by atoms with van der Waals surface area (Å²) in [4.78, 5) is 23.9. The SMILES string of the molecule is COC(=O)c1ccoc1COC(=O)[C@H](Cc1ccccc1)NS(=O)(=O)c1ccccc1F. The molecular weight excluding hydrogens is 441 g/mol. The van der Waals surface area contributed by atoms with E-state index in [4.69, 9.17) is 9.15 Å². The fourth-order valence-corrected chi connectivity index (χ4v) is 4.18. The lowest BCUT2D eigenvalue weighted by Crippen LogP contribution is -2.43. The van der Waals surface area contributed by atoms with Gasteiger partial charge in [-0.05, 0) is 30.2 Å². The van der Waals surface area contributed by atoms with Crippen molar-refractivity contribution in [1.82, 2.24) is 4.72 Å². The summed E-state index contributed by atoms with van der Waals surface area (Å²) in [6.45, 7) is -0.428. The number of sulfonamides is 1. The molecule has 8 nitrogen and oxygen atoms in total. The molecule has 0 unspecified atom stereocenters. The number of methoxy groups -OCH3 is 1. The first-order valence-corrected chi connectivity index (χ1v) is 10.9. The second-order valence-electron chi connectivity index (χ2n) is 6.65. The largest absolute Gasteiger partial charge is 0.465 e. The summed E-state index contributed by atoms with van der Waals surface area (Å²) in [5, 5.41) is 0. The first-order valence-electron chi connectivity index (χ1n) is 9.44. The number of hydrogen-bond acceptors (Lipinski definition) is 7. The van der Waals surface area contributed by atoms with Crippen LogP contribution in [0.4, 0.5) is 4.39 Å². The van der Waals surface area contributed by atoms with Crippen LogP contribution < -0.4 is 4.72 Å². The molecule has 3 aromatic rings. The lowest BCUT2D eigenvalue weighted by Gasteiger charge is -2.18. The number of nitrogens with one attached hydrogen (secondary N) is 1. The van der Waals surface area contributed by atoms with Gasteiger partial charge in [0.15, 0.2) is 5.76 Å². The van der Waals surface area contributed by atoms with Crippen molar-refractivity contribution in [2.24, 2.45) is 0 Å². The zero-order chi connectivity index (χ0) is 23.1. The number of furan rings is 1. The Morgan fingerprint density at radius 2 is 1.75 bits per heavy atom.